The minimum atomic E-state index is -1.13. The maximum Gasteiger partial charge on any atom is 0.310 e. The van der Waals surface area contributed by atoms with E-state index in [-0.39, 0.29) is 24.3 Å². The SMILES string of the molecule is Cc1cc(NC(=O)CC2(C(=O)O)Cc3ccccc3C2)ccc1C(=O)NC(C)C. The van der Waals surface area contributed by atoms with E-state index in [0.29, 0.717) is 24.1 Å². The van der Waals surface area contributed by atoms with Gasteiger partial charge in [0.15, 0.2) is 0 Å². The standard InChI is InChI=1S/C23H26N2O4/c1-14(2)24-21(27)19-9-8-18(10-15(19)3)25-20(26)13-23(22(28)29)11-16-6-4-5-7-17(16)12-23/h4-10,14H,11-13H2,1-3H3,(H,24,27)(H,25,26)(H,28,29). The second-order valence-electron chi connectivity index (χ2n) is 8.09. The van der Waals surface area contributed by atoms with Gasteiger partial charge in [-0.2, -0.15) is 0 Å². The number of hydrogen-bond acceptors (Lipinski definition) is 3. The van der Waals surface area contributed by atoms with Gasteiger partial charge in [0.25, 0.3) is 5.91 Å². The fraction of sp³-hybridized carbons (Fsp3) is 0.348. The van der Waals surface area contributed by atoms with E-state index in [1.807, 2.05) is 38.1 Å². The number of nitrogens with one attached hydrogen (secondary N) is 2. The number of carbonyl (C=O) groups excluding carboxylic acids is 2. The van der Waals surface area contributed by atoms with Crippen molar-refractivity contribution in [2.24, 2.45) is 5.41 Å². The first-order chi connectivity index (χ1) is 13.7. The van der Waals surface area contributed by atoms with E-state index in [9.17, 15) is 19.5 Å². The molecule has 0 radical (unpaired) electrons. The Labute approximate surface area is 170 Å². The highest BCUT2D eigenvalue weighted by Gasteiger charge is 2.45. The highest BCUT2D eigenvalue weighted by Crippen LogP contribution is 2.40. The molecule has 0 aliphatic heterocycles. The molecule has 0 spiro atoms. The Morgan fingerprint density at radius 1 is 1.07 bits per heavy atom. The molecule has 2 aromatic carbocycles. The van der Waals surface area contributed by atoms with E-state index in [1.165, 1.54) is 0 Å². The maximum absolute atomic E-state index is 12.7. The van der Waals surface area contributed by atoms with Gasteiger partial charge < -0.3 is 15.7 Å². The van der Waals surface area contributed by atoms with Crippen molar-refractivity contribution < 1.29 is 19.5 Å². The van der Waals surface area contributed by atoms with Gasteiger partial charge in [0, 0.05) is 23.7 Å². The summed E-state index contributed by atoms with van der Waals surface area (Å²) >= 11 is 0. The predicted molar refractivity (Wildman–Crippen MR) is 111 cm³/mol. The predicted octanol–water partition coefficient (Wildman–Crippen LogP) is 3.33. The topological polar surface area (TPSA) is 95.5 Å². The number of carboxylic acids is 1. The third-order valence-corrected chi connectivity index (χ3v) is 5.30. The van der Waals surface area contributed by atoms with Crippen LogP contribution in [0.15, 0.2) is 42.5 Å². The third-order valence-electron chi connectivity index (χ3n) is 5.30. The van der Waals surface area contributed by atoms with Crippen LogP contribution in [0.25, 0.3) is 0 Å². The van der Waals surface area contributed by atoms with E-state index in [1.54, 1.807) is 25.1 Å². The molecule has 1 aliphatic rings. The minimum Gasteiger partial charge on any atom is -0.481 e. The number of amides is 2. The van der Waals surface area contributed by atoms with E-state index in [0.717, 1.165) is 16.7 Å². The smallest absolute Gasteiger partial charge is 0.310 e. The van der Waals surface area contributed by atoms with Crippen LogP contribution in [0.2, 0.25) is 0 Å². The molecule has 0 saturated heterocycles. The van der Waals surface area contributed by atoms with Crippen LogP contribution in [0.1, 0.15) is 47.3 Å². The lowest BCUT2D eigenvalue weighted by molar-refractivity contribution is -0.150. The average molecular weight is 394 g/mol. The number of anilines is 1. The first-order valence-corrected chi connectivity index (χ1v) is 9.72. The van der Waals surface area contributed by atoms with Gasteiger partial charge in [-0.1, -0.05) is 24.3 Å². The van der Waals surface area contributed by atoms with Crippen LogP contribution in [0, 0.1) is 12.3 Å². The van der Waals surface area contributed by atoms with Crippen LogP contribution in [0.5, 0.6) is 0 Å². The Bertz CT molecular complexity index is 940. The molecule has 6 nitrogen and oxygen atoms in total. The number of fused-ring (bicyclic) bond motifs is 1. The summed E-state index contributed by atoms with van der Waals surface area (Å²) in [5.41, 5.74) is 2.68. The molecular weight excluding hydrogens is 368 g/mol. The van der Waals surface area contributed by atoms with E-state index in [2.05, 4.69) is 10.6 Å². The van der Waals surface area contributed by atoms with E-state index in [4.69, 9.17) is 0 Å². The van der Waals surface area contributed by atoms with Gasteiger partial charge in [-0.05, 0) is 68.5 Å². The lowest BCUT2D eigenvalue weighted by Gasteiger charge is -2.23. The van der Waals surface area contributed by atoms with Gasteiger partial charge in [0.1, 0.15) is 0 Å². The fourth-order valence-corrected chi connectivity index (χ4v) is 3.89. The van der Waals surface area contributed by atoms with Crippen LogP contribution in [-0.4, -0.2) is 28.9 Å². The lowest BCUT2D eigenvalue weighted by atomic mass is 9.81. The molecule has 29 heavy (non-hydrogen) atoms. The summed E-state index contributed by atoms with van der Waals surface area (Å²) in [6, 6.07) is 12.7. The van der Waals surface area contributed by atoms with Crippen molar-refractivity contribution in [3.8, 4) is 0 Å². The second kappa shape index (κ2) is 8.07. The van der Waals surface area contributed by atoms with Gasteiger partial charge in [-0.15, -0.1) is 0 Å². The normalized spacial score (nSPS) is 14.3. The molecule has 0 unspecified atom stereocenters. The first-order valence-electron chi connectivity index (χ1n) is 9.72. The summed E-state index contributed by atoms with van der Waals surface area (Å²) in [6.45, 7) is 5.58. The zero-order valence-electron chi connectivity index (χ0n) is 16.9. The number of aliphatic carboxylic acids is 1. The summed E-state index contributed by atoms with van der Waals surface area (Å²) in [5.74, 6) is -1.47. The summed E-state index contributed by atoms with van der Waals surface area (Å²) in [6.07, 6.45) is 0.587. The average Bonchev–Trinajstić information content (AvgIpc) is 3.00. The molecule has 3 N–H and O–H groups in total. The van der Waals surface area contributed by atoms with Crippen molar-refractivity contribution >= 4 is 23.5 Å². The van der Waals surface area contributed by atoms with Crippen LogP contribution < -0.4 is 10.6 Å². The van der Waals surface area contributed by atoms with Gasteiger partial charge in [-0.3, -0.25) is 14.4 Å². The van der Waals surface area contributed by atoms with Crippen molar-refractivity contribution in [1.82, 2.24) is 5.32 Å². The molecule has 6 heteroatoms. The summed E-state index contributed by atoms with van der Waals surface area (Å²) in [7, 11) is 0. The van der Waals surface area contributed by atoms with Crippen molar-refractivity contribution in [3.05, 3.63) is 64.7 Å². The van der Waals surface area contributed by atoms with Crippen molar-refractivity contribution in [1.29, 1.82) is 0 Å². The number of rotatable bonds is 6. The van der Waals surface area contributed by atoms with Crippen LogP contribution in [0.4, 0.5) is 5.69 Å². The summed E-state index contributed by atoms with van der Waals surface area (Å²) in [4.78, 5) is 36.9. The fourth-order valence-electron chi connectivity index (χ4n) is 3.89. The number of aryl methyl sites for hydroxylation is 1. The van der Waals surface area contributed by atoms with Gasteiger partial charge in [0.2, 0.25) is 5.91 Å². The zero-order valence-corrected chi connectivity index (χ0v) is 16.9. The largest absolute Gasteiger partial charge is 0.481 e. The Balaban J connectivity index is 1.71. The lowest BCUT2D eigenvalue weighted by Crippen LogP contribution is -2.36. The highest BCUT2D eigenvalue weighted by molar-refractivity contribution is 5.98. The molecule has 0 bridgehead atoms. The van der Waals surface area contributed by atoms with Crippen LogP contribution in [0.3, 0.4) is 0 Å². The second-order valence-corrected chi connectivity index (χ2v) is 8.09. The van der Waals surface area contributed by atoms with Crippen LogP contribution in [-0.2, 0) is 22.4 Å². The molecule has 0 aromatic heterocycles. The van der Waals surface area contributed by atoms with Crippen molar-refractivity contribution in [2.75, 3.05) is 5.32 Å². The number of carboxylic acid groups (broad SMARTS) is 1. The molecular formula is C23H26N2O4. The molecule has 1 aliphatic carbocycles. The summed E-state index contributed by atoms with van der Waals surface area (Å²) in [5, 5.41) is 15.5. The molecule has 152 valence electrons. The van der Waals surface area contributed by atoms with Crippen molar-refractivity contribution in [3.63, 3.8) is 0 Å². The minimum absolute atomic E-state index is 0.0315. The van der Waals surface area contributed by atoms with Gasteiger partial charge in [-0.25, -0.2) is 0 Å². The Hall–Kier alpha value is -3.15. The van der Waals surface area contributed by atoms with E-state index >= 15 is 0 Å². The van der Waals surface area contributed by atoms with Gasteiger partial charge in [0.05, 0.1) is 5.41 Å². The highest BCUT2D eigenvalue weighted by atomic mass is 16.4. The van der Waals surface area contributed by atoms with Crippen LogP contribution >= 0.6 is 0 Å². The Kier molecular flexibility index (Phi) is 5.73. The molecule has 0 fully saturated rings. The Morgan fingerprint density at radius 3 is 2.21 bits per heavy atom. The number of hydrogen-bond donors (Lipinski definition) is 3. The number of carbonyl (C=O) groups is 3. The van der Waals surface area contributed by atoms with E-state index < -0.39 is 11.4 Å². The molecule has 0 heterocycles. The monoisotopic (exact) mass is 394 g/mol. The molecule has 0 atom stereocenters. The first kappa shape index (κ1) is 20.6. The van der Waals surface area contributed by atoms with Crippen molar-refractivity contribution in [2.45, 2.75) is 46.1 Å². The summed E-state index contributed by atoms with van der Waals surface area (Å²) < 4.78 is 0. The molecule has 3 rings (SSSR count). The Morgan fingerprint density at radius 2 is 1.69 bits per heavy atom. The molecule has 2 amide bonds. The quantitative estimate of drug-likeness (QED) is 0.700. The maximum atomic E-state index is 12.7. The number of benzene rings is 2. The molecule has 2 aromatic rings. The zero-order chi connectivity index (χ0) is 21.2. The molecule has 0 saturated carbocycles. The third kappa shape index (κ3) is 4.47. The van der Waals surface area contributed by atoms with Gasteiger partial charge >= 0.3 is 5.97 Å².